The van der Waals surface area contributed by atoms with E-state index in [9.17, 15) is 8.42 Å². The minimum atomic E-state index is -3.86. The SMILES string of the molecule is CC(C)COCC(Br)COc1c(Br)cc(S(=O)(=O)c2cc(Br)c(OCC(Br)COCC(C)C)c(Br)c2)cc1Br. The van der Waals surface area contributed by atoms with Crippen LogP contribution in [0, 0.1) is 11.8 Å². The second kappa shape index (κ2) is 17.2. The summed E-state index contributed by atoms with van der Waals surface area (Å²) in [6, 6.07) is 6.14. The van der Waals surface area contributed by atoms with Gasteiger partial charge in [0, 0.05) is 13.2 Å². The van der Waals surface area contributed by atoms with Crippen LogP contribution in [-0.2, 0) is 19.3 Å². The highest BCUT2D eigenvalue weighted by atomic mass is 79.9. The van der Waals surface area contributed by atoms with Gasteiger partial charge in [0.05, 0.1) is 50.5 Å². The van der Waals surface area contributed by atoms with Gasteiger partial charge in [-0.25, -0.2) is 8.42 Å². The molecule has 2 atom stereocenters. The summed E-state index contributed by atoms with van der Waals surface area (Å²) in [7, 11) is -3.86. The Kier molecular flexibility index (Phi) is 15.8. The Morgan fingerprint density at radius 3 is 1.18 bits per heavy atom. The van der Waals surface area contributed by atoms with Gasteiger partial charge in [-0.2, -0.15) is 0 Å². The molecule has 0 aromatic heterocycles. The third kappa shape index (κ3) is 11.8. The molecule has 0 saturated heterocycles. The molecule has 0 spiro atoms. The van der Waals surface area contributed by atoms with E-state index in [1.54, 1.807) is 0 Å². The minimum Gasteiger partial charge on any atom is -0.490 e. The van der Waals surface area contributed by atoms with Gasteiger partial charge in [-0.05, 0) is 99.8 Å². The van der Waals surface area contributed by atoms with Crippen LogP contribution >= 0.6 is 95.6 Å². The van der Waals surface area contributed by atoms with Crippen molar-refractivity contribution in [1.29, 1.82) is 0 Å². The van der Waals surface area contributed by atoms with Crippen LogP contribution in [0.5, 0.6) is 11.5 Å². The molecule has 0 heterocycles. The summed E-state index contributed by atoms with van der Waals surface area (Å²) in [4.78, 5) is 0.196. The van der Waals surface area contributed by atoms with Crippen molar-refractivity contribution in [3.8, 4) is 11.5 Å². The van der Waals surface area contributed by atoms with Crippen molar-refractivity contribution in [1.82, 2.24) is 0 Å². The van der Waals surface area contributed by atoms with E-state index < -0.39 is 9.84 Å². The highest BCUT2D eigenvalue weighted by Crippen LogP contribution is 2.41. The predicted octanol–water partition coefficient (Wildman–Crippen LogP) is 9.20. The monoisotopic (exact) mass is 946 g/mol. The van der Waals surface area contributed by atoms with Crippen molar-refractivity contribution < 1.29 is 27.4 Å². The molecule has 2 unspecified atom stereocenters. The standard InChI is InChI=1S/C26H32Br6O6S/c1-15(2)9-35-11-17(27)13-37-25-21(29)5-19(6-22(25)30)39(33,34)20-7-23(31)26(24(32)8-20)38-14-18(28)12-36-10-16(3)4/h5-8,15-18H,9-14H2,1-4H3. The zero-order valence-corrected chi connectivity index (χ0v) is 32.3. The molecule has 0 radical (unpaired) electrons. The highest BCUT2D eigenvalue weighted by Gasteiger charge is 2.24. The van der Waals surface area contributed by atoms with Crippen molar-refractivity contribution in [2.24, 2.45) is 11.8 Å². The molecule has 0 aliphatic rings. The number of benzene rings is 2. The Bertz CT molecular complexity index is 1060. The quantitative estimate of drug-likeness (QED) is 0.157. The van der Waals surface area contributed by atoms with Crippen molar-refractivity contribution in [2.45, 2.75) is 47.1 Å². The first-order chi connectivity index (χ1) is 18.2. The van der Waals surface area contributed by atoms with Gasteiger partial charge in [0.2, 0.25) is 9.84 Å². The fourth-order valence-electron chi connectivity index (χ4n) is 3.10. The predicted molar refractivity (Wildman–Crippen MR) is 177 cm³/mol. The number of hydrogen-bond acceptors (Lipinski definition) is 6. The van der Waals surface area contributed by atoms with Crippen LogP contribution in [0.1, 0.15) is 27.7 Å². The zero-order chi connectivity index (χ0) is 29.3. The lowest BCUT2D eigenvalue weighted by Gasteiger charge is -2.17. The molecule has 0 amide bonds. The Morgan fingerprint density at radius 1 is 0.590 bits per heavy atom. The first kappa shape index (κ1) is 36.0. The van der Waals surface area contributed by atoms with Crippen LogP contribution in [0.15, 0.2) is 51.9 Å². The van der Waals surface area contributed by atoms with E-state index in [1.807, 2.05) is 0 Å². The fraction of sp³-hybridized carbons (Fsp3) is 0.538. The second-order valence-corrected chi connectivity index (χ2v) is 17.6. The molecule has 0 N–H and O–H groups in total. The smallest absolute Gasteiger partial charge is 0.206 e. The Balaban J connectivity index is 2.13. The van der Waals surface area contributed by atoms with Gasteiger partial charge >= 0.3 is 0 Å². The van der Waals surface area contributed by atoms with Crippen molar-refractivity contribution >= 4 is 105 Å². The van der Waals surface area contributed by atoms with Crippen LogP contribution in [0.4, 0.5) is 0 Å². The molecule has 2 aromatic carbocycles. The third-order valence-corrected chi connectivity index (χ3v) is 10.0. The first-order valence-electron chi connectivity index (χ1n) is 12.1. The maximum absolute atomic E-state index is 13.5. The summed E-state index contributed by atoms with van der Waals surface area (Å²) in [5.74, 6) is 1.93. The van der Waals surface area contributed by atoms with Gasteiger partial charge in [0.15, 0.2) is 0 Å². The highest BCUT2D eigenvalue weighted by molar-refractivity contribution is 9.11. The zero-order valence-electron chi connectivity index (χ0n) is 22.0. The molecule has 0 saturated carbocycles. The Morgan fingerprint density at radius 2 is 0.897 bits per heavy atom. The number of alkyl halides is 2. The molecular formula is C26H32Br6O6S. The second-order valence-electron chi connectivity index (χ2n) is 9.61. The van der Waals surface area contributed by atoms with E-state index in [2.05, 4.69) is 123 Å². The molecular weight excluding hydrogens is 920 g/mol. The van der Waals surface area contributed by atoms with E-state index in [4.69, 9.17) is 18.9 Å². The van der Waals surface area contributed by atoms with Gasteiger partial charge in [-0.15, -0.1) is 0 Å². The lowest BCUT2D eigenvalue weighted by Crippen LogP contribution is -2.19. The number of hydrogen-bond donors (Lipinski definition) is 0. The lowest BCUT2D eigenvalue weighted by atomic mass is 10.2. The van der Waals surface area contributed by atoms with E-state index in [0.29, 0.717) is 80.9 Å². The van der Waals surface area contributed by atoms with Gasteiger partial charge in [0.25, 0.3) is 0 Å². The van der Waals surface area contributed by atoms with Crippen LogP contribution in [0.2, 0.25) is 0 Å². The molecule has 13 heteroatoms. The largest absolute Gasteiger partial charge is 0.490 e. The number of rotatable bonds is 16. The van der Waals surface area contributed by atoms with Gasteiger partial charge < -0.3 is 18.9 Å². The first-order valence-corrected chi connectivity index (χ1v) is 18.6. The van der Waals surface area contributed by atoms with Crippen molar-refractivity contribution in [3.05, 3.63) is 42.2 Å². The van der Waals surface area contributed by atoms with E-state index in [-0.39, 0.29) is 19.4 Å². The van der Waals surface area contributed by atoms with Crippen molar-refractivity contribution in [2.75, 3.05) is 39.6 Å². The van der Waals surface area contributed by atoms with E-state index in [0.717, 1.165) is 0 Å². The molecule has 0 aliphatic carbocycles. The summed E-state index contributed by atoms with van der Waals surface area (Å²) in [5.41, 5.74) is 0. The summed E-state index contributed by atoms with van der Waals surface area (Å²) < 4.78 is 52.3. The van der Waals surface area contributed by atoms with Gasteiger partial charge in [0.1, 0.15) is 24.7 Å². The molecule has 220 valence electrons. The van der Waals surface area contributed by atoms with Crippen LogP contribution < -0.4 is 9.47 Å². The van der Waals surface area contributed by atoms with E-state index >= 15 is 0 Å². The Hall–Kier alpha value is 0.790. The third-order valence-electron chi connectivity index (χ3n) is 4.88. The average Bonchev–Trinajstić information content (AvgIpc) is 2.82. The average molecular weight is 952 g/mol. The van der Waals surface area contributed by atoms with Crippen molar-refractivity contribution in [3.63, 3.8) is 0 Å². The fourth-order valence-corrected chi connectivity index (χ4v) is 8.54. The number of sulfone groups is 1. The summed E-state index contributed by atoms with van der Waals surface area (Å²) in [5, 5.41) is 0. The molecule has 2 aromatic rings. The van der Waals surface area contributed by atoms with E-state index in [1.165, 1.54) is 24.3 Å². The van der Waals surface area contributed by atoms with Gasteiger partial charge in [-0.3, -0.25) is 0 Å². The normalized spacial score (nSPS) is 13.6. The summed E-state index contributed by atoms with van der Waals surface area (Å²) >= 11 is 21.0. The van der Waals surface area contributed by atoms with Crippen LogP contribution in [0.3, 0.4) is 0 Å². The molecule has 0 fully saturated rings. The number of ether oxygens (including phenoxy) is 4. The topological polar surface area (TPSA) is 71.1 Å². The summed E-state index contributed by atoms with van der Waals surface area (Å²) in [6.45, 7) is 11.4. The summed E-state index contributed by atoms with van der Waals surface area (Å²) in [6.07, 6.45) is 0. The molecule has 2 rings (SSSR count). The molecule has 39 heavy (non-hydrogen) atoms. The Labute approximate surface area is 282 Å². The van der Waals surface area contributed by atoms with Crippen LogP contribution in [0.25, 0.3) is 0 Å². The van der Waals surface area contributed by atoms with Crippen LogP contribution in [-0.4, -0.2) is 57.7 Å². The lowest BCUT2D eigenvalue weighted by molar-refractivity contribution is 0.103. The van der Waals surface area contributed by atoms with Gasteiger partial charge in [-0.1, -0.05) is 59.6 Å². The maximum Gasteiger partial charge on any atom is 0.206 e. The maximum atomic E-state index is 13.5. The molecule has 0 aliphatic heterocycles. The number of halogens is 6. The molecule has 6 nitrogen and oxygen atoms in total. The molecule has 0 bridgehead atoms. The minimum absolute atomic E-state index is 0.0127.